The topological polar surface area (TPSA) is 101 Å². The van der Waals surface area contributed by atoms with Crippen molar-refractivity contribution in [1.82, 2.24) is 9.66 Å². The summed E-state index contributed by atoms with van der Waals surface area (Å²) in [5.41, 5.74) is 1.95. The Balaban J connectivity index is 2.35. The minimum absolute atomic E-state index is 0.243. The molecule has 19 heavy (non-hydrogen) atoms. The summed E-state index contributed by atoms with van der Waals surface area (Å²) in [5, 5.41) is 0.243. The van der Waals surface area contributed by atoms with E-state index in [1.807, 2.05) is 0 Å². The Hall–Kier alpha value is -1.90. The minimum Gasteiger partial charge on any atom is -0.282 e. The highest BCUT2D eigenvalue weighted by atomic mass is 35.5. The molecule has 2 rings (SSSR count). The highest BCUT2D eigenvalue weighted by Crippen LogP contribution is 2.09. The summed E-state index contributed by atoms with van der Waals surface area (Å²) in [6.07, 6.45) is 1.16. The van der Waals surface area contributed by atoms with Gasteiger partial charge in [0.25, 0.3) is 15.7 Å². The van der Waals surface area contributed by atoms with Crippen LogP contribution in [0.2, 0.25) is 5.15 Å². The summed E-state index contributed by atoms with van der Waals surface area (Å²) >= 11 is 5.69. The lowest BCUT2D eigenvalue weighted by atomic mass is 10.5. The second-order valence-corrected chi connectivity index (χ2v) is 5.31. The lowest BCUT2D eigenvalue weighted by Gasteiger charge is -2.08. The molecule has 2 aromatic heterocycles. The van der Waals surface area contributed by atoms with Crippen molar-refractivity contribution in [2.24, 2.45) is 0 Å². The molecule has 100 valence electrons. The van der Waals surface area contributed by atoms with Gasteiger partial charge >= 0.3 is 0 Å². The van der Waals surface area contributed by atoms with E-state index in [2.05, 4.69) is 10.4 Å². The average molecular weight is 302 g/mol. The molecule has 0 fully saturated rings. The van der Waals surface area contributed by atoms with Crippen LogP contribution < -0.4 is 11.0 Å². The number of rotatable bonds is 3. The van der Waals surface area contributed by atoms with Crippen molar-refractivity contribution in [1.29, 1.82) is 0 Å². The number of pyridine rings is 2. The van der Waals surface area contributed by atoms with E-state index in [9.17, 15) is 13.2 Å². The Labute approximate surface area is 113 Å². The van der Waals surface area contributed by atoms with E-state index < -0.39 is 20.6 Å². The zero-order valence-electron chi connectivity index (χ0n) is 9.32. The summed E-state index contributed by atoms with van der Waals surface area (Å²) < 4.78 is 31.5. The highest BCUT2D eigenvalue weighted by molar-refractivity contribution is 7.85. The van der Waals surface area contributed by atoms with Gasteiger partial charge in [-0.25, -0.2) is 9.66 Å². The van der Waals surface area contributed by atoms with Gasteiger partial charge in [0.15, 0.2) is 0 Å². The van der Waals surface area contributed by atoms with Crippen molar-refractivity contribution in [3.05, 3.63) is 52.0 Å². The zero-order valence-corrected chi connectivity index (χ0v) is 10.9. The van der Waals surface area contributed by atoms with E-state index in [1.54, 1.807) is 18.2 Å². The normalized spacial score (nSPS) is 11.3. The molecule has 9 heteroatoms. The second kappa shape index (κ2) is 5.00. The van der Waals surface area contributed by atoms with Crippen LogP contribution in [0.25, 0.3) is 0 Å². The fraction of sp³-hybridized carbons (Fsp3) is 0. The highest BCUT2D eigenvalue weighted by Gasteiger charge is 2.11. The number of nitrogens with zero attached hydrogens (tertiary/aromatic N) is 2. The molecule has 0 atom stereocenters. The van der Waals surface area contributed by atoms with Crippen LogP contribution in [-0.4, -0.2) is 22.6 Å². The fourth-order valence-corrected chi connectivity index (χ4v) is 1.95. The molecule has 7 nitrogen and oxygen atoms in total. The van der Waals surface area contributed by atoms with Crippen molar-refractivity contribution < 1.29 is 13.0 Å². The fourth-order valence-electron chi connectivity index (χ4n) is 1.31. The quantitative estimate of drug-likeness (QED) is 0.648. The average Bonchev–Trinajstić information content (AvgIpc) is 2.30. The van der Waals surface area contributed by atoms with Crippen LogP contribution in [0.4, 0.5) is 5.82 Å². The predicted octanol–water partition coefficient (Wildman–Crippen LogP) is 1.02. The first-order valence-electron chi connectivity index (χ1n) is 4.96. The molecule has 0 saturated carbocycles. The van der Waals surface area contributed by atoms with E-state index >= 15 is 0 Å². The Morgan fingerprint density at radius 1 is 1.32 bits per heavy atom. The Morgan fingerprint density at radius 2 is 2.05 bits per heavy atom. The Morgan fingerprint density at radius 3 is 2.63 bits per heavy atom. The van der Waals surface area contributed by atoms with Gasteiger partial charge in [-0.3, -0.25) is 14.8 Å². The maximum absolute atomic E-state index is 11.6. The Bertz CT molecular complexity index is 772. The standard InChI is InChI=1S/C10H8ClN3O4S/c11-8-2-1-3-9(12-8)13-14-5-4-7(6-10(14)15)19(16,17)18/h1-6H,(H,12,13)(H,16,17,18). The van der Waals surface area contributed by atoms with Gasteiger partial charge in [-0.1, -0.05) is 17.7 Å². The van der Waals surface area contributed by atoms with Crippen molar-refractivity contribution in [3.8, 4) is 0 Å². The van der Waals surface area contributed by atoms with Crippen LogP contribution in [0, 0.1) is 0 Å². The third kappa shape index (κ3) is 3.31. The van der Waals surface area contributed by atoms with Gasteiger partial charge in [-0.05, 0) is 18.2 Å². The number of hydrogen-bond acceptors (Lipinski definition) is 5. The molecule has 2 heterocycles. The summed E-state index contributed by atoms with van der Waals surface area (Å²) in [4.78, 5) is 15.1. The first-order chi connectivity index (χ1) is 8.86. The van der Waals surface area contributed by atoms with Crippen LogP contribution in [0.3, 0.4) is 0 Å². The maximum Gasteiger partial charge on any atom is 0.294 e. The smallest absolute Gasteiger partial charge is 0.282 e. The van der Waals surface area contributed by atoms with Crippen molar-refractivity contribution >= 4 is 27.5 Å². The molecule has 0 aromatic carbocycles. The summed E-state index contributed by atoms with van der Waals surface area (Å²) in [5.74, 6) is 0.314. The van der Waals surface area contributed by atoms with Gasteiger partial charge in [-0.2, -0.15) is 8.42 Å². The van der Waals surface area contributed by atoms with Crippen LogP contribution in [-0.2, 0) is 10.1 Å². The minimum atomic E-state index is -4.40. The van der Waals surface area contributed by atoms with Gasteiger partial charge in [0.1, 0.15) is 15.9 Å². The van der Waals surface area contributed by atoms with Gasteiger partial charge in [0.2, 0.25) is 0 Å². The van der Waals surface area contributed by atoms with Crippen molar-refractivity contribution in [2.45, 2.75) is 4.90 Å². The van der Waals surface area contributed by atoms with Crippen LogP contribution in [0.5, 0.6) is 0 Å². The number of nitrogens with one attached hydrogen (secondary N) is 1. The Kier molecular flexibility index (Phi) is 3.56. The molecule has 0 saturated heterocycles. The van der Waals surface area contributed by atoms with Gasteiger partial charge < -0.3 is 0 Å². The van der Waals surface area contributed by atoms with Gasteiger partial charge in [0.05, 0.1) is 0 Å². The number of hydrogen-bond donors (Lipinski definition) is 2. The molecule has 0 bridgehead atoms. The molecule has 0 aliphatic rings. The summed E-state index contributed by atoms with van der Waals surface area (Å²) in [6.45, 7) is 0. The van der Waals surface area contributed by atoms with Crippen LogP contribution in [0.15, 0.2) is 46.2 Å². The summed E-state index contributed by atoms with van der Waals surface area (Å²) in [7, 11) is -4.40. The molecule has 2 aromatic rings. The van der Waals surface area contributed by atoms with Crippen LogP contribution in [0.1, 0.15) is 0 Å². The maximum atomic E-state index is 11.6. The van der Waals surface area contributed by atoms with Crippen molar-refractivity contribution in [2.75, 3.05) is 5.43 Å². The molecule has 0 spiro atoms. The zero-order chi connectivity index (χ0) is 14.0. The van der Waals surface area contributed by atoms with Crippen LogP contribution >= 0.6 is 11.6 Å². The summed E-state index contributed by atoms with van der Waals surface area (Å²) in [6, 6.07) is 6.64. The number of halogens is 1. The first-order valence-corrected chi connectivity index (χ1v) is 6.78. The molecule has 0 aliphatic heterocycles. The van der Waals surface area contributed by atoms with E-state index in [0.29, 0.717) is 5.82 Å². The lowest BCUT2D eigenvalue weighted by Crippen LogP contribution is -2.26. The monoisotopic (exact) mass is 301 g/mol. The van der Waals surface area contributed by atoms with E-state index in [4.69, 9.17) is 16.2 Å². The molecular weight excluding hydrogens is 294 g/mol. The van der Waals surface area contributed by atoms with E-state index in [-0.39, 0.29) is 5.15 Å². The molecule has 0 amide bonds. The van der Waals surface area contributed by atoms with Crippen molar-refractivity contribution in [3.63, 3.8) is 0 Å². The SMILES string of the molecule is O=c1cc(S(=O)(=O)O)ccn1Nc1cccc(Cl)n1. The molecule has 0 radical (unpaired) electrons. The number of anilines is 1. The largest absolute Gasteiger partial charge is 0.294 e. The van der Waals surface area contributed by atoms with E-state index in [0.717, 1.165) is 23.0 Å². The first kappa shape index (κ1) is 13.5. The third-order valence-corrected chi connectivity index (χ3v) is 3.20. The van der Waals surface area contributed by atoms with E-state index in [1.165, 1.54) is 0 Å². The molecule has 0 unspecified atom stereocenters. The second-order valence-electron chi connectivity index (χ2n) is 3.50. The lowest BCUT2D eigenvalue weighted by molar-refractivity contribution is 0.482. The van der Waals surface area contributed by atoms with Gasteiger partial charge in [-0.15, -0.1) is 0 Å². The third-order valence-electron chi connectivity index (χ3n) is 2.14. The number of aromatic nitrogens is 2. The predicted molar refractivity (Wildman–Crippen MR) is 68.8 cm³/mol. The molecule has 2 N–H and O–H groups in total. The molecule has 0 aliphatic carbocycles. The van der Waals surface area contributed by atoms with Gasteiger partial charge in [0, 0.05) is 12.3 Å². The molecular formula is C10H8ClN3O4S.